The van der Waals surface area contributed by atoms with Crippen LogP contribution in [0.25, 0.3) is 5.57 Å². The minimum absolute atomic E-state index is 0.0545. The lowest BCUT2D eigenvalue weighted by Crippen LogP contribution is -2.47. The fraction of sp³-hybridized carbons (Fsp3) is 0.391. The van der Waals surface area contributed by atoms with Crippen molar-refractivity contribution in [1.82, 2.24) is 15.3 Å². The number of aromatic nitrogens is 2. The molecule has 1 aromatic carbocycles. The monoisotopic (exact) mass is 465 g/mol. The van der Waals surface area contributed by atoms with Gasteiger partial charge in [0.15, 0.2) is 0 Å². The molecule has 0 unspecified atom stereocenters. The summed E-state index contributed by atoms with van der Waals surface area (Å²) < 4.78 is 69.6. The first kappa shape index (κ1) is 23.0. The molecule has 1 atom stereocenters. The van der Waals surface area contributed by atoms with Gasteiger partial charge >= 0.3 is 6.18 Å². The molecule has 176 valence electrons. The van der Waals surface area contributed by atoms with Crippen LogP contribution in [0.5, 0.6) is 0 Å². The average Bonchev–Trinajstić information content (AvgIpc) is 3.02. The van der Waals surface area contributed by atoms with E-state index in [2.05, 4.69) is 34.1 Å². The van der Waals surface area contributed by atoms with E-state index >= 15 is 0 Å². The molecular weight excluding hydrogens is 441 g/mol. The summed E-state index contributed by atoms with van der Waals surface area (Å²) in [7, 11) is 0. The van der Waals surface area contributed by atoms with Crippen LogP contribution < -0.4 is 15.5 Å². The van der Waals surface area contributed by atoms with Gasteiger partial charge in [-0.05, 0) is 54.0 Å². The number of hydrogen-bond donors (Lipinski definition) is 2. The van der Waals surface area contributed by atoms with Crippen LogP contribution in [0.3, 0.4) is 0 Å². The highest BCUT2D eigenvalue weighted by Crippen LogP contribution is 2.40. The van der Waals surface area contributed by atoms with Crippen LogP contribution in [-0.4, -0.2) is 35.3 Å². The van der Waals surface area contributed by atoms with Crippen molar-refractivity contribution in [3.05, 3.63) is 65.3 Å². The Kier molecular flexibility index (Phi) is 6.02. The summed E-state index contributed by atoms with van der Waals surface area (Å²) in [5.41, 5.74) is 0.688. The summed E-state index contributed by atoms with van der Waals surface area (Å²) in [6.07, 6.45) is -0.920. The molecule has 1 aliphatic heterocycles. The molecule has 0 saturated carbocycles. The molecule has 5 nitrogen and oxygen atoms in total. The van der Waals surface area contributed by atoms with Gasteiger partial charge < -0.3 is 15.5 Å². The second-order valence-corrected chi connectivity index (χ2v) is 8.41. The normalized spacial score (nSPS) is 17.0. The van der Waals surface area contributed by atoms with Crippen LogP contribution in [0.15, 0.2) is 42.5 Å². The maximum atomic E-state index is 14.2. The highest BCUT2D eigenvalue weighted by Gasteiger charge is 2.45. The van der Waals surface area contributed by atoms with Crippen molar-refractivity contribution in [3.8, 4) is 0 Å². The van der Waals surface area contributed by atoms with Gasteiger partial charge in [-0.2, -0.15) is 13.2 Å². The lowest BCUT2D eigenvalue weighted by molar-refractivity contribution is -0.145. The van der Waals surface area contributed by atoms with Crippen LogP contribution in [-0.2, 0) is 6.42 Å². The first-order chi connectivity index (χ1) is 15.6. The number of halogens is 5. The Bertz CT molecular complexity index is 1090. The Hall–Kier alpha value is -3.17. The van der Waals surface area contributed by atoms with E-state index in [0.717, 1.165) is 25.6 Å². The Balaban J connectivity index is 1.46. The van der Waals surface area contributed by atoms with Gasteiger partial charge in [-0.25, -0.2) is 18.7 Å². The van der Waals surface area contributed by atoms with Gasteiger partial charge in [0.2, 0.25) is 5.95 Å². The maximum Gasteiger partial charge on any atom is 0.412 e. The molecule has 33 heavy (non-hydrogen) atoms. The van der Waals surface area contributed by atoms with E-state index in [4.69, 9.17) is 0 Å². The van der Waals surface area contributed by atoms with E-state index in [1.54, 1.807) is 0 Å². The standard InChI is InChI=1S/C23H24F5N5/c1-4-14-10-33(11-14)22-29-8-16(9-30-22)31-13(3)32-21(23(26,27)28)18-7-19-17(12(18)2)5-15(24)6-20(19)25/h5-6,8-9,14,21,31-32H,3-4,7,10-11H2,1-2H3/t21-/m0/s1. The Morgan fingerprint density at radius 3 is 2.48 bits per heavy atom. The highest BCUT2D eigenvalue weighted by atomic mass is 19.4. The van der Waals surface area contributed by atoms with Crippen molar-refractivity contribution < 1.29 is 22.0 Å². The lowest BCUT2D eigenvalue weighted by atomic mass is 9.98. The number of anilines is 2. The second-order valence-electron chi connectivity index (χ2n) is 8.41. The van der Waals surface area contributed by atoms with Gasteiger partial charge in [-0.1, -0.05) is 13.5 Å². The van der Waals surface area contributed by atoms with Gasteiger partial charge in [0, 0.05) is 19.2 Å². The zero-order valence-corrected chi connectivity index (χ0v) is 18.2. The van der Waals surface area contributed by atoms with Gasteiger partial charge in [-0.3, -0.25) is 0 Å². The average molecular weight is 465 g/mol. The Morgan fingerprint density at radius 1 is 1.21 bits per heavy atom. The van der Waals surface area contributed by atoms with Gasteiger partial charge in [-0.15, -0.1) is 0 Å². The molecule has 4 rings (SSSR count). The molecule has 10 heteroatoms. The minimum atomic E-state index is -4.69. The van der Waals surface area contributed by atoms with Gasteiger partial charge in [0.05, 0.1) is 23.9 Å². The van der Waals surface area contributed by atoms with E-state index in [0.29, 0.717) is 23.6 Å². The van der Waals surface area contributed by atoms with Gasteiger partial charge in [0.25, 0.3) is 0 Å². The van der Waals surface area contributed by atoms with Crippen molar-refractivity contribution in [3.63, 3.8) is 0 Å². The van der Waals surface area contributed by atoms with Crippen LogP contribution >= 0.6 is 0 Å². The van der Waals surface area contributed by atoms with E-state index in [9.17, 15) is 22.0 Å². The molecule has 1 fully saturated rings. The third-order valence-corrected chi connectivity index (χ3v) is 6.16. The zero-order valence-electron chi connectivity index (χ0n) is 18.2. The number of benzene rings is 1. The number of alkyl halides is 3. The molecule has 0 amide bonds. The number of fused-ring (bicyclic) bond motifs is 1. The molecule has 2 N–H and O–H groups in total. The van der Waals surface area contributed by atoms with E-state index in [1.165, 1.54) is 19.3 Å². The van der Waals surface area contributed by atoms with Crippen molar-refractivity contribution in [2.24, 2.45) is 5.92 Å². The number of allylic oxidation sites excluding steroid dienone is 1. The Morgan fingerprint density at radius 2 is 1.88 bits per heavy atom. The third kappa shape index (κ3) is 4.65. The molecule has 2 aliphatic rings. The third-order valence-electron chi connectivity index (χ3n) is 6.16. The molecular formula is C23H24F5N5. The summed E-state index contributed by atoms with van der Waals surface area (Å²) >= 11 is 0. The number of nitrogens with zero attached hydrogens (tertiary/aromatic N) is 3. The molecule has 1 aliphatic carbocycles. The summed E-state index contributed by atoms with van der Waals surface area (Å²) in [6.45, 7) is 8.96. The van der Waals surface area contributed by atoms with Crippen molar-refractivity contribution in [1.29, 1.82) is 0 Å². The fourth-order valence-corrected chi connectivity index (χ4v) is 4.22. The number of rotatable bonds is 7. The lowest BCUT2D eigenvalue weighted by Gasteiger charge is -2.38. The second kappa shape index (κ2) is 8.64. The van der Waals surface area contributed by atoms with Crippen LogP contribution in [0.4, 0.5) is 33.6 Å². The summed E-state index contributed by atoms with van der Waals surface area (Å²) in [5, 5.41) is 5.09. The van der Waals surface area contributed by atoms with Gasteiger partial charge in [0.1, 0.15) is 17.7 Å². The molecule has 2 heterocycles. The fourth-order valence-electron chi connectivity index (χ4n) is 4.22. The quantitative estimate of drug-likeness (QED) is 0.562. The van der Waals surface area contributed by atoms with Crippen molar-refractivity contribution in [2.75, 3.05) is 23.3 Å². The summed E-state index contributed by atoms with van der Waals surface area (Å²) in [5.74, 6) is -0.621. The first-order valence-electron chi connectivity index (χ1n) is 10.6. The topological polar surface area (TPSA) is 53.1 Å². The predicted molar refractivity (Wildman–Crippen MR) is 116 cm³/mol. The SMILES string of the molecule is C=C(Nc1cnc(N2CC(CC)C2)nc1)N[C@@H](C1=C(C)c2cc(F)cc(F)c2C1)C(F)(F)F. The number of hydrogen-bond acceptors (Lipinski definition) is 5. The van der Waals surface area contributed by atoms with Crippen LogP contribution in [0.2, 0.25) is 0 Å². The molecule has 1 aromatic heterocycles. The van der Waals surface area contributed by atoms with Crippen LogP contribution in [0.1, 0.15) is 31.4 Å². The predicted octanol–water partition coefficient (Wildman–Crippen LogP) is 5.03. The van der Waals surface area contributed by atoms with Crippen molar-refractivity contribution in [2.45, 2.75) is 38.9 Å². The van der Waals surface area contributed by atoms with E-state index in [1.807, 2.05) is 4.90 Å². The summed E-state index contributed by atoms with van der Waals surface area (Å²) in [6, 6.07) is -0.390. The molecule has 1 saturated heterocycles. The minimum Gasteiger partial charge on any atom is -0.357 e. The van der Waals surface area contributed by atoms with Crippen LogP contribution in [0, 0.1) is 17.6 Å². The molecule has 2 aromatic rings. The maximum absolute atomic E-state index is 14.2. The van der Waals surface area contributed by atoms with E-state index < -0.39 is 23.9 Å². The zero-order chi connectivity index (χ0) is 23.9. The number of nitrogens with one attached hydrogen (secondary N) is 2. The largest absolute Gasteiger partial charge is 0.412 e. The summed E-state index contributed by atoms with van der Waals surface area (Å²) in [4.78, 5) is 10.5. The van der Waals surface area contributed by atoms with Crippen molar-refractivity contribution >= 4 is 17.2 Å². The highest BCUT2D eigenvalue weighted by molar-refractivity contribution is 5.76. The smallest absolute Gasteiger partial charge is 0.357 e. The Labute approximate surface area is 188 Å². The van der Waals surface area contributed by atoms with E-state index in [-0.39, 0.29) is 34.5 Å². The first-order valence-corrected chi connectivity index (χ1v) is 10.6. The molecule has 0 radical (unpaired) electrons. The molecule has 0 spiro atoms. The molecule has 0 bridgehead atoms.